The molecule has 1 heteroatoms. The summed E-state index contributed by atoms with van der Waals surface area (Å²) in [7, 11) is 0. The van der Waals surface area contributed by atoms with Crippen LogP contribution in [0.25, 0.3) is 0 Å². The molecule has 1 aliphatic carbocycles. The van der Waals surface area contributed by atoms with E-state index in [0.717, 1.165) is 13.2 Å². The first-order valence-electron chi connectivity index (χ1n) is 15.8. The molecule has 0 saturated heterocycles. The molecule has 0 aromatic heterocycles. The van der Waals surface area contributed by atoms with Crippen molar-refractivity contribution in [2.24, 2.45) is 5.41 Å². The maximum absolute atomic E-state index is 5.83. The molecule has 37 heavy (non-hydrogen) atoms. The lowest BCUT2D eigenvalue weighted by Gasteiger charge is -2.32. The van der Waals surface area contributed by atoms with Crippen LogP contribution in [0.3, 0.4) is 0 Å². The van der Waals surface area contributed by atoms with Crippen molar-refractivity contribution in [2.45, 2.75) is 151 Å². The Bertz CT molecular complexity index is 728. The first-order chi connectivity index (χ1) is 17.9. The highest BCUT2D eigenvalue weighted by Crippen LogP contribution is 2.40. The van der Waals surface area contributed by atoms with E-state index in [1.807, 2.05) is 0 Å². The number of hydrogen-bond acceptors (Lipinski definition) is 1. The molecule has 1 nitrogen and oxygen atoms in total. The van der Waals surface area contributed by atoms with Crippen molar-refractivity contribution in [3.05, 3.63) is 58.7 Å². The number of allylic oxidation sites excluding steroid dienone is 9. The SMILES string of the molecule is CCCCCCCCCCCCCCCCOC\C=C(C)/C=C\C=C(C)/C=C\C1=C(C)CCCC1(C)C. The fourth-order valence-corrected chi connectivity index (χ4v) is 5.37. The van der Waals surface area contributed by atoms with E-state index in [9.17, 15) is 0 Å². The van der Waals surface area contributed by atoms with Crippen LogP contribution in [0.4, 0.5) is 0 Å². The lowest BCUT2D eigenvalue weighted by molar-refractivity contribution is 0.157. The van der Waals surface area contributed by atoms with Crippen LogP contribution < -0.4 is 0 Å². The Labute approximate surface area is 232 Å². The van der Waals surface area contributed by atoms with Gasteiger partial charge < -0.3 is 4.74 Å². The van der Waals surface area contributed by atoms with Gasteiger partial charge in [0, 0.05) is 6.61 Å². The molecule has 0 aromatic rings. The van der Waals surface area contributed by atoms with Crippen molar-refractivity contribution < 1.29 is 4.74 Å². The van der Waals surface area contributed by atoms with Gasteiger partial charge in [0.1, 0.15) is 0 Å². The van der Waals surface area contributed by atoms with Crippen LogP contribution in [-0.4, -0.2) is 13.2 Å². The molecular weight excluding hydrogens is 448 g/mol. The first-order valence-corrected chi connectivity index (χ1v) is 15.8. The van der Waals surface area contributed by atoms with Crippen molar-refractivity contribution >= 4 is 0 Å². The molecule has 0 saturated carbocycles. The summed E-state index contributed by atoms with van der Waals surface area (Å²) >= 11 is 0. The molecule has 0 fully saturated rings. The molecule has 0 aromatic carbocycles. The Morgan fingerprint density at radius 3 is 1.92 bits per heavy atom. The second-order valence-corrected chi connectivity index (χ2v) is 12.2. The maximum atomic E-state index is 5.83. The Hall–Kier alpha value is -1.34. The van der Waals surface area contributed by atoms with E-state index in [1.54, 1.807) is 5.57 Å². The predicted octanol–water partition coefficient (Wildman–Crippen LogP) is 12.0. The third kappa shape index (κ3) is 17.7. The Morgan fingerprint density at radius 2 is 1.35 bits per heavy atom. The molecule has 1 rings (SSSR count). The van der Waals surface area contributed by atoms with E-state index in [0.29, 0.717) is 5.41 Å². The molecule has 0 radical (unpaired) electrons. The Kier molecular flexibility index (Phi) is 19.6. The van der Waals surface area contributed by atoms with E-state index in [4.69, 9.17) is 4.74 Å². The molecule has 0 N–H and O–H groups in total. The zero-order chi connectivity index (χ0) is 27.2. The van der Waals surface area contributed by atoms with E-state index >= 15 is 0 Å². The maximum Gasteiger partial charge on any atom is 0.0653 e. The van der Waals surface area contributed by atoms with Gasteiger partial charge in [-0.2, -0.15) is 0 Å². The average molecular weight is 511 g/mol. The molecule has 1 aliphatic rings. The van der Waals surface area contributed by atoms with Gasteiger partial charge in [0.25, 0.3) is 0 Å². The summed E-state index contributed by atoms with van der Waals surface area (Å²) in [5, 5.41) is 0. The summed E-state index contributed by atoms with van der Waals surface area (Å²) in [6.07, 6.45) is 36.8. The van der Waals surface area contributed by atoms with Crippen LogP contribution in [0.5, 0.6) is 0 Å². The second kappa shape index (κ2) is 21.6. The largest absolute Gasteiger partial charge is 0.377 e. The lowest BCUT2D eigenvalue weighted by Crippen LogP contribution is -2.19. The summed E-state index contributed by atoms with van der Waals surface area (Å²) in [5.41, 5.74) is 5.95. The molecule has 0 heterocycles. The summed E-state index contributed by atoms with van der Waals surface area (Å²) in [5.74, 6) is 0. The highest BCUT2D eigenvalue weighted by Gasteiger charge is 2.26. The normalized spacial score (nSPS) is 17.0. The van der Waals surface area contributed by atoms with Crippen molar-refractivity contribution in [1.82, 2.24) is 0 Å². The molecule has 0 aliphatic heterocycles. The molecule has 0 atom stereocenters. The van der Waals surface area contributed by atoms with Crippen molar-refractivity contribution in [3.63, 3.8) is 0 Å². The van der Waals surface area contributed by atoms with E-state index in [2.05, 4.69) is 78.0 Å². The van der Waals surface area contributed by atoms with Crippen molar-refractivity contribution in [2.75, 3.05) is 13.2 Å². The summed E-state index contributed by atoms with van der Waals surface area (Å²) < 4.78 is 5.83. The molecule has 0 bridgehead atoms. The molecule has 0 spiro atoms. The molecule has 0 amide bonds. The van der Waals surface area contributed by atoms with Crippen LogP contribution in [0.15, 0.2) is 58.7 Å². The minimum absolute atomic E-state index is 0.307. The second-order valence-electron chi connectivity index (χ2n) is 12.2. The van der Waals surface area contributed by atoms with Gasteiger partial charge in [-0.25, -0.2) is 0 Å². The quantitative estimate of drug-likeness (QED) is 0.110. The van der Waals surface area contributed by atoms with Crippen molar-refractivity contribution in [3.8, 4) is 0 Å². The van der Waals surface area contributed by atoms with Gasteiger partial charge in [-0.15, -0.1) is 0 Å². The van der Waals surface area contributed by atoms with Gasteiger partial charge in [-0.3, -0.25) is 0 Å². The minimum Gasteiger partial charge on any atom is -0.377 e. The Balaban J connectivity index is 2.05. The van der Waals surface area contributed by atoms with Gasteiger partial charge in [0.05, 0.1) is 6.61 Å². The van der Waals surface area contributed by atoms with Gasteiger partial charge in [0.2, 0.25) is 0 Å². The van der Waals surface area contributed by atoms with Gasteiger partial charge in [-0.05, 0) is 57.4 Å². The minimum atomic E-state index is 0.307. The third-order valence-electron chi connectivity index (χ3n) is 7.94. The molecule has 212 valence electrons. The first kappa shape index (κ1) is 33.7. The van der Waals surface area contributed by atoms with E-state index < -0.39 is 0 Å². The number of ether oxygens (including phenoxy) is 1. The Morgan fingerprint density at radius 1 is 0.784 bits per heavy atom. The van der Waals surface area contributed by atoms with Crippen LogP contribution in [0.2, 0.25) is 0 Å². The third-order valence-corrected chi connectivity index (χ3v) is 7.94. The predicted molar refractivity (Wildman–Crippen MR) is 167 cm³/mol. The summed E-state index contributed by atoms with van der Waals surface area (Å²) in [6, 6.07) is 0. The van der Waals surface area contributed by atoms with Crippen LogP contribution in [0.1, 0.15) is 151 Å². The van der Waals surface area contributed by atoms with Crippen LogP contribution in [0, 0.1) is 5.41 Å². The zero-order valence-electron chi connectivity index (χ0n) is 25.8. The average Bonchev–Trinajstić information content (AvgIpc) is 2.85. The fourth-order valence-electron chi connectivity index (χ4n) is 5.37. The number of rotatable bonds is 21. The van der Waals surface area contributed by atoms with Gasteiger partial charge in [0.15, 0.2) is 0 Å². The van der Waals surface area contributed by atoms with Gasteiger partial charge >= 0.3 is 0 Å². The van der Waals surface area contributed by atoms with Crippen molar-refractivity contribution in [1.29, 1.82) is 0 Å². The van der Waals surface area contributed by atoms with Gasteiger partial charge in [-0.1, -0.05) is 157 Å². The van der Waals surface area contributed by atoms with E-state index in [-0.39, 0.29) is 0 Å². The fraction of sp³-hybridized carbons (Fsp3) is 0.722. The lowest BCUT2D eigenvalue weighted by atomic mass is 9.72. The molecular formula is C36H62O. The highest BCUT2D eigenvalue weighted by molar-refractivity contribution is 5.37. The van der Waals surface area contributed by atoms with E-state index in [1.165, 1.54) is 126 Å². The van der Waals surface area contributed by atoms with Crippen LogP contribution >= 0.6 is 0 Å². The molecule has 0 unspecified atom stereocenters. The standard InChI is InChI=1S/C36H62O/c1-7-8-9-10-11-12-13-14-15-16-17-18-19-20-30-37-31-28-33(3)24-21-23-32(2)26-27-35-34(4)25-22-29-36(35,5)6/h21,23-24,26-28H,7-20,22,25,29-31H2,1-6H3/b24-21-,27-26-,32-23-,33-28-. The summed E-state index contributed by atoms with van der Waals surface area (Å²) in [4.78, 5) is 0. The monoisotopic (exact) mass is 510 g/mol. The summed E-state index contributed by atoms with van der Waals surface area (Å²) in [6.45, 7) is 15.3. The smallest absolute Gasteiger partial charge is 0.0653 e. The zero-order valence-corrected chi connectivity index (χ0v) is 25.8. The van der Waals surface area contributed by atoms with Crippen LogP contribution in [-0.2, 0) is 4.74 Å². The number of unbranched alkanes of at least 4 members (excludes halogenated alkanes) is 13. The topological polar surface area (TPSA) is 9.23 Å². The highest BCUT2D eigenvalue weighted by atomic mass is 16.5. The number of hydrogen-bond donors (Lipinski definition) is 0.